The quantitative estimate of drug-likeness (QED) is 0.683. The molecule has 0 saturated heterocycles. The average molecular weight is 273 g/mol. The van der Waals surface area contributed by atoms with Crippen LogP contribution >= 0.6 is 0 Å². The van der Waals surface area contributed by atoms with Crippen LogP contribution in [0.3, 0.4) is 0 Å². The Hall–Kier alpha value is -2.40. The third-order valence-electron chi connectivity index (χ3n) is 2.99. The number of aliphatic hydroxyl groups is 1. The highest BCUT2D eigenvalue weighted by Gasteiger charge is 2.19. The van der Waals surface area contributed by atoms with Gasteiger partial charge < -0.3 is 9.84 Å². The SMILES string of the molecule is Cc1ccc(Oc2cccc(C)c2[N+](=O)[O-])c(CO)c1. The first-order valence-corrected chi connectivity index (χ1v) is 6.15. The van der Waals surface area contributed by atoms with E-state index in [-0.39, 0.29) is 18.0 Å². The van der Waals surface area contributed by atoms with E-state index < -0.39 is 4.92 Å². The molecule has 1 N–H and O–H groups in total. The fourth-order valence-corrected chi connectivity index (χ4v) is 2.00. The van der Waals surface area contributed by atoms with Crippen LogP contribution in [0.1, 0.15) is 16.7 Å². The monoisotopic (exact) mass is 273 g/mol. The number of hydrogen-bond acceptors (Lipinski definition) is 4. The molecule has 5 heteroatoms. The van der Waals surface area contributed by atoms with Crippen molar-refractivity contribution in [2.75, 3.05) is 0 Å². The zero-order valence-corrected chi connectivity index (χ0v) is 11.3. The Balaban J connectivity index is 2.45. The smallest absolute Gasteiger partial charge is 0.314 e. The number of hydrogen-bond donors (Lipinski definition) is 1. The summed E-state index contributed by atoms with van der Waals surface area (Å²) < 4.78 is 5.63. The third-order valence-corrected chi connectivity index (χ3v) is 2.99. The summed E-state index contributed by atoms with van der Waals surface area (Å²) in [6.45, 7) is 3.38. The van der Waals surface area contributed by atoms with Gasteiger partial charge in [-0.1, -0.05) is 29.8 Å². The highest BCUT2D eigenvalue weighted by molar-refractivity contribution is 5.54. The summed E-state index contributed by atoms with van der Waals surface area (Å²) in [6, 6.07) is 10.2. The van der Waals surface area contributed by atoms with Gasteiger partial charge in [-0.3, -0.25) is 10.1 Å². The topological polar surface area (TPSA) is 72.6 Å². The van der Waals surface area contributed by atoms with Gasteiger partial charge in [0.1, 0.15) is 5.75 Å². The first kappa shape index (κ1) is 14.0. The van der Waals surface area contributed by atoms with Crippen molar-refractivity contribution in [2.24, 2.45) is 0 Å². The minimum atomic E-state index is -0.461. The molecule has 0 aromatic heterocycles. The predicted molar refractivity (Wildman–Crippen MR) is 75.0 cm³/mol. The van der Waals surface area contributed by atoms with Crippen LogP contribution in [0.15, 0.2) is 36.4 Å². The van der Waals surface area contributed by atoms with Crippen LogP contribution in [-0.4, -0.2) is 10.0 Å². The molecule has 0 fully saturated rings. The van der Waals surface area contributed by atoms with E-state index in [1.807, 2.05) is 13.0 Å². The molecular formula is C15H15NO4. The molecule has 0 radical (unpaired) electrons. The fourth-order valence-electron chi connectivity index (χ4n) is 2.00. The summed E-state index contributed by atoms with van der Waals surface area (Å²) in [5, 5.41) is 20.5. The van der Waals surface area contributed by atoms with Crippen LogP contribution in [0.25, 0.3) is 0 Å². The van der Waals surface area contributed by atoms with Crippen molar-refractivity contribution in [3.05, 3.63) is 63.2 Å². The van der Waals surface area contributed by atoms with Crippen LogP contribution in [0.2, 0.25) is 0 Å². The molecule has 2 aromatic carbocycles. The summed E-state index contributed by atoms with van der Waals surface area (Å²) in [6.07, 6.45) is 0. The second-order valence-corrected chi connectivity index (χ2v) is 4.55. The number of para-hydroxylation sites is 1. The van der Waals surface area contributed by atoms with Crippen LogP contribution in [0, 0.1) is 24.0 Å². The van der Waals surface area contributed by atoms with E-state index in [0.29, 0.717) is 16.9 Å². The molecule has 0 spiro atoms. The Morgan fingerprint density at radius 1 is 1.20 bits per heavy atom. The number of benzene rings is 2. The first-order valence-electron chi connectivity index (χ1n) is 6.15. The molecule has 0 bridgehead atoms. The van der Waals surface area contributed by atoms with E-state index in [4.69, 9.17) is 4.74 Å². The number of rotatable bonds is 4. The minimum Gasteiger partial charge on any atom is -0.450 e. The first-order chi connectivity index (χ1) is 9.52. The lowest BCUT2D eigenvalue weighted by Gasteiger charge is -2.11. The molecule has 0 amide bonds. The molecule has 104 valence electrons. The van der Waals surface area contributed by atoms with Gasteiger partial charge in [-0.2, -0.15) is 0 Å². The summed E-state index contributed by atoms with van der Waals surface area (Å²) in [5.41, 5.74) is 2.06. The van der Waals surface area contributed by atoms with Crippen LogP contribution in [0.4, 0.5) is 5.69 Å². The Kier molecular flexibility index (Phi) is 4.00. The molecule has 20 heavy (non-hydrogen) atoms. The maximum absolute atomic E-state index is 11.1. The molecule has 0 atom stereocenters. The van der Waals surface area contributed by atoms with Gasteiger partial charge in [0.25, 0.3) is 0 Å². The summed E-state index contributed by atoms with van der Waals surface area (Å²) >= 11 is 0. The van der Waals surface area contributed by atoms with E-state index in [2.05, 4.69) is 0 Å². The lowest BCUT2D eigenvalue weighted by atomic mass is 10.1. The number of ether oxygens (including phenoxy) is 1. The number of nitro benzene ring substituents is 1. The van der Waals surface area contributed by atoms with E-state index in [9.17, 15) is 15.2 Å². The van der Waals surface area contributed by atoms with Gasteiger partial charge >= 0.3 is 5.69 Å². The summed E-state index contributed by atoms with van der Waals surface area (Å²) in [4.78, 5) is 10.7. The highest BCUT2D eigenvalue weighted by Crippen LogP contribution is 2.35. The lowest BCUT2D eigenvalue weighted by molar-refractivity contribution is -0.386. The molecule has 0 unspecified atom stereocenters. The largest absolute Gasteiger partial charge is 0.450 e. The van der Waals surface area contributed by atoms with Crippen molar-refractivity contribution in [3.63, 3.8) is 0 Å². The Morgan fingerprint density at radius 2 is 1.95 bits per heavy atom. The Bertz CT molecular complexity index is 652. The second-order valence-electron chi connectivity index (χ2n) is 4.55. The van der Waals surface area contributed by atoms with Gasteiger partial charge in [0.15, 0.2) is 0 Å². The van der Waals surface area contributed by atoms with Gasteiger partial charge in [-0.15, -0.1) is 0 Å². The van der Waals surface area contributed by atoms with E-state index >= 15 is 0 Å². The van der Waals surface area contributed by atoms with Crippen molar-refractivity contribution in [2.45, 2.75) is 20.5 Å². The van der Waals surface area contributed by atoms with Crippen molar-refractivity contribution < 1.29 is 14.8 Å². The summed E-state index contributed by atoms with van der Waals surface area (Å²) in [5.74, 6) is 0.598. The third kappa shape index (κ3) is 2.78. The van der Waals surface area contributed by atoms with Gasteiger partial charge in [-0.25, -0.2) is 0 Å². The molecule has 2 aromatic rings. The zero-order chi connectivity index (χ0) is 14.7. The van der Waals surface area contributed by atoms with Crippen LogP contribution in [-0.2, 0) is 6.61 Å². The molecule has 0 heterocycles. The van der Waals surface area contributed by atoms with Crippen LogP contribution in [0.5, 0.6) is 11.5 Å². The summed E-state index contributed by atoms with van der Waals surface area (Å²) in [7, 11) is 0. The van der Waals surface area contributed by atoms with Crippen molar-refractivity contribution >= 4 is 5.69 Å². The molecular weight excluding hydrogens is 258 g/mol. The van der Waals surface area contributed by atoms with Crippen molar-refractivity contribution in [1.29, 1.82) is 0 Å². The van der Waals surface area contributed by atoms with Gasteiger partial charge in [0.2, 0.25) is 5.75 Å². The molecule has 0 aliphatic rings. The molecule has 0 aliphatic carbocycles. The van der Waals surface area contributed by atoms with Gasteiger partial charge in [0, 0.05) is 11.1 Å². The predicted octanol–water partition coefficient (Wildman–Crippen LogP) is 3.50. The number of nitro groups is 1. The van der Waals surface area contributed by atoms with Crippen molar-refractivity contribution in [1.82, 2.24) is 0 Å². The van der Waals surface area contributed by atoms with Gasteiger partial charge in [-0.05, 0) is 26.0 Å². The lowest BCUT2D eigenvalue weighted by Crippen LogP contribution is -1.98. The molecule has 0 saturated carbocycles. The maximum Gasteiger partial charge on any atom is 0.314 e. The fraction of sp³-hybridized carbons (Fsp3) is 0.200. The minimum absolute atomic E-state index is 0.0584. The highest BCUT2D eigenvalue weighted by atomic mass is 16.6. The number of aliphatic hydroxyl groups excluding tert-OH is 1. The zero-order valence-electron chi connectivity index (χ0n) is 11.3. The molecule has 0 aliphatic heterocycles. The van der Waals surface area contributed by atoms with Crippen LogP contribution < -0.4 is 4.74 Å². The molecule has 5 nitrogen and oxygen atoms in total. The number of nitrogens with zero attached hydrogens (tertiary/aromatic N) is 1. The maximum atomic E-state index is 11.1. The van der Waals surface area contributed by atoms with Gasteiger partial charge in [0.05, 0.1) is 11.5 Å². The second kappa shape index (κ2) is 5.71. The average Bonchev–Trinajstić information content (AvgIpc) is 2.40. The van der Waals surface area contributed by atoms with Crippen molar-refractivity contribution in [3.8, 4) is 11.5 Å². The van der Waals surface area contributed by atoms with E-state index in [1.54, 1.807) is 37.3 Å². The van der Waals surface area contributed by atoms with E-state index in [1.165, 1.54) is 0 Å². The standard InChI is InChI=1S/C15H15NO4/c1-10-6-7-13(12(8-10)9-17)20-14-5-3-4-11(2)15(14)16(18)19/h3-8,17H,9H2,1-2H3. The molecule has 2 rings (SSSR count). The Labute approximate surface area is 116 Å². The normalized spacial score (nSPS) is 10.3. The van der Waals surface area contributed by atoms with E-state index in [0.717, 1.165) is 5.56 Å². The number of aryl methyl sites for hydroxylation is 2. The Morgan fingerprint density at radius 3 is 2.60 bits per heavy atom.